The normalized spacial score (nSPS) is 13.0. The molecule has 0 saturated carbocycles. The number of rotatable bonds is 10. The summed E-state index contributed by atoms with van der Waals surface area (Å²) in [5, 5.41) is 26.2. The number of phenols is 1. The molecule has 0 saturated heterocycles. The Bertz CT molecular complexity index is 768. The first-order valence-corrected chi connectivity index (χ1v) is 10.4. The van der Waals surface area contributed by atoms with Gasteiger partial charge in [-0.1, -0.05) is 18.2 Å². The molecule has 0 aromatic heterocycles. The number of hydrogen-bond donors (Lipinski definition) is 4. The SMILES string of the molecule is CCOC(=O)CNc1ccc(CCN[C@@H](C)[C@H](O)c2ccc(O)cc2)cc1I. The van der Waals surface area contributed by atoms with Crippen LogP contribution < -0.4 is 10.6 Å². The molecule has 4 N–H and O–H groups in total. The number of anilines is 1. The maximum atomic E-state index is 11.4. The summed E-state index contributed by atoms with van der Waals surface area (Å²) < 4.78 is 5.95. The van der Waals surface area contributed by atoms with Gasteiger partial charge in [-0.3, -0.25) is 4.79 Å². The quantitative estimate of drug-likeness (QED) is 0.297. The first-order valence-electron chi connectivity index (χ1n) is 9.29. The van der Waals surface area contributed by atoms with Gasteiger partial charge in [0.2, 0.25) is 0 Å². The highest BCUT2D eigenvalue weighted by Gasteiger charge is 2.15. The van der Waals surface area contributed by atoms with Crippen molar-refractivity contribution in [3.63, 3.8) is 0 Å². The first-order chi connectivity index (χ1) is 13.4. The van der Waals surface area contributed by atoms with E-state index < -0.39 is 6.10 Å². The van der Waals surface area contributed by atoms with Crippen molar-refractivity contribution in [3.8, 4) is 5.75 Å². The Labute approximate surface area is 179 Å². The number of halogens is 1. The number of nitrogens with one attached hydrogen (secondary N) is 2. The van der Waals surface area contributed by atoms with Crippen LogP contribution in [0.4, 0.5) is 5.69 Å². The number of aromatic hydroxyl groups is 1. The van der Waals surface area contributed by atoms with Crippen molar-refractivity contribution in [1.29, 1.82) is 0 Å². The Kier molecular flexibility index (Phi) is 9.01. The summed E-state index contributed by atoms with van der Waals surface area (Å²) in [6, 6.07) is 12.6. The van der Waals surface area contributed by atoms with E-state index in [0.29, 0.717) is 6.61 Å². The topological polar surface area (TPSA) is 90.8 Å². The van der Waals surface area contributed by atoms with Crippen LogP contribution in [0.25, 0.3) is 0 Å². The third-order valence-corrected chi connectivity index (χ3v) is 5.24. The first kappa shape index (κ1) is 22.4. The van der Waals surface area contributed by atoms with Crippen LogP contribution in [-0.4, -0.2) is 41.9 Å². The average molecular weight is 498 g/mol. The molecule has 0 heterocycles. The predicted molar refractivity (Wildman–Crippen MR) is 119 cm³/mol. The third kappa shape index (κ3) is 6.96. The smallest absolute Gasteiger partial charge is 0.325 e. The van der Waals surface area contributed by atoms with Gasteiger partial charge in [-0.15, -0.1) is 0 Å². The van der Waals surface area contributed by atoms with Gasteiger partial charge < -0.3 is 25.6 Å². The van der Waals surface area contributed by atoms with Crippen molar-refractivity contribution < 1.29 is 19.7 Å². The minimum Gasteiger partial charge on any atom is -0.508 e. The van der Waals surface area contributed by atoms with Crippen LogP contribution >= 0.6 is 22.6 Å². The van der Waals surface area contributed by atoms with Crippen molar-refractivity contribution in [2.45, 2.75) is 32.4 Å². The van der Waals surface area contributed by atoms with Crippen molar-refractivity contribution in [2.24, 2.45) is 0 Å². The number of benzene rings is 2. The van der Waals surface area contributed by atoms with Crippen LogP contribution in [0.5, 0.6) is 5.75 Å². The lowest BCUT2D eigenvalue weighted by Crippen LogP contribution is -2.33. The van der Waals surface area contributed by atoms with Gasteiger partial charge in [0.25, 0.3) is 0 Å². The number of carbonyl (C=O) groups is 1. The molecule has 2 aromatic rings. The fourth-order valence-corrected chi connectivity index (χ4v) is 3.52. The van der Waals surface area contributed by atoms with E-state index in [2.05, 4.69) is 39.3 Å². The van der Waals surface area contributed by atoms with Crippen LogP contribution in [-0.2, 0) is 16.0 Å². The zero-order valence-electron chi connectivity index (χ0n) is 16.1. The molecule has 6 nitrogen and oxygen atoms in total. The number of hydrogen-bond acceptors (Lipinski definition) is 6. The van der Waals surface area contributed by atoms with Crippen LogP contribution in [0.15, 0.2) is 42.5 Å². The van der Waals surface area contributed by atoms with Gasteiger partial charge in [0.05, 0.1) is 12.7 Å². The van der Waals surface area contributed by atoms with E-state index >= 15 is 0 Å². The second-order valence-corrected chi connectivity index (χ2v) is 7.66. The van der Waals surface area contributed by atoms with Crippen LogP contribution in [0.2, 0.25) is 0 Å². The number of phenolic OH excluding ortho intramolecular Hbond substituents is 1. The number of aliphatic hydroxyl groups is 1. The highest BCUT2D eigenvalue weighted by molar-refractivity contribution is 14.1. The van der Waals surface area contributed by atoms with Gasteiger partial charge in [-0.05, 0) is 84.8 Å². The maximum absolute atomic E-state index is 11.4. The van der Waals surface area contributed by atoms with Crippen LogP contribution in [0.1, 0.15) is 31.1 Å². The van der Waals surface area contributed by atoms with Crippen molar-refractivity contribution >= 4 is 34.2 Å². The van der Waals surface area contributed by atoms with Gasteiger partial charge in [0.1, 0.15) is 12.3 Å². The molecule has 0 aliphatic rings. The molecule has 2 rings (SSSR count). The van der Waals surface area contributed by atoms with Crippen LogP contribution in [0, 0.1) is 3.57 Å². The molecular weight excluding hydrogens is 471 g/mol. The zero-order chi connectivity index (χ0) is 20.5. The minimum absolute atomic E-state index is 0.117. The molecule has 28 heavy (non-hydrogen) atoms. The molecule has 0 aliphatic carbocycles. The lowest BCUT2D eigenvalue weighted by atomic mass is 10.0. The zero-order valence-corrected chi connectivity index (χ0v) is 18.3. The molecule has 0 bridgehead atoms. The molecule has 152 valence electrons. The molecule has 0 spiro atoms. The molecular formula is C21H27IN2O4. The van der Waals surface area contributed by atoms with Crippen LogP contribution in [0.3, 0.4) is 0 Å². The number of esters is 1. The molecule has 2 aromatic carbocycles. The standard InChI is InChI=1S/C21H27IN2O4/c1-3-28-20(26)13-24-19-9-4-15(12-18(19)22)10-11-23-14(2)21(27)16-5-7-17(25)8-6-16/h4-9,12,14,21,23-25,27H,3,10-11,13H2,1-2H3/t14-,21-/m0/s1. The largest absolute Gasteiger partial charge is 0.508 e. The number of aliphatic hydroxyl groups excluding tert-OH is 1. The monoisotopic (exact) mass is 498 g/mol. The van der Waals surface area contributed by atoms with E-state index in [4.69, 9.17) is 4.74 Å². The molecule has 0 fully saturated rings. The van der Waals surface area contributed by atoms with E-state index in [1.807, 2.05) is 19.1 Å². The Morgan fingerprint density at radius 1 is 1.21 bits per heavy atom. The summed E-state index contributed by atoms with van der Waals surface area (Å²) in [6.45, 7) is 4.97. The van der Waals surface area contributed by atoms with Gasteiger partial charge in [0, 0.05) is 15.3 Å². The average Bonchev–Trinajstić information content (AvgIpc) is 2.67. The van der Waals surface area contributed by atoms with E-state index in [-0.39, 0.29) is 24.3 Å². The minimum atomic E-state index is -0.643. The summed E-state index contributed by atoms with van der Waals surface area (Å²) in [7, 11) is 0. The van der Waals surface area contributed by atoms with Gasteiger partial charge in [0.15, 0.2) is 0 Å². The van der Waals surface area contributed by atoms with Gasteiger partial charge in [-0.2, -0.15) is 0 Å². The highest BCUT2D eigenvalue weighted by Crippen LogP contribution is 2.21. The summed E-state index contributed by atoms with van der Waals surface area (Å²) >= 11 is 2.24. The van der Waals surface area contributed by atoms with Gasteiger partial charge >= 0.3 is 5.97 Å². The maximum Gasteiger partial charge on any atom is 0.325 e. The summed E-state index contributed by atoms with van der Waals surface area (Å²) in [4.78, 5) is 11.4. The molecule has 7 heteroatoms. The lowest BCUT2D eigenvalue weighted by molar-refractivity contribution is -0.140. The molecule has 0 aliphatic heterocycles. The summed E-state index contributed by atoms with van der Waals surface area (Å²) in [5.74, 6) is -0.0842. The lowest BCUT2D eigenvalue weighted by Gasteiger charge is -2.21. The summed E-state index contributed by atoms with van der Waals surface area (Å²) in [5.41, 5.74) is 2.84. The molecule has 0 amide bonds. The Morgan fingerprint density at radius 2 is 1.93 bits per heavy atom. The third-order valence-electron chi connectivity index (χ3n) is 4.35. The van der Waals surface area contributed by atoms with Crippen molar-refractivity contribution in [3.05, 3.63) is 57.2 Å². The number of ether oxygens (including phenoxy) is 1. The Balaban J connectivity index is 1.81. The molecule has 0 unspecified atom stereocenters. The van der Waals surface area contributed by atoms with E-state index in [0.717, 1.165) is 27.8 Å². The Morgan fingerprint density at radius 3 is 2.57 bits per heavy atom. The number of carbonyl (C=O) groups excluding carboxylic acids is 1. The fourth-order valence-electron chi connectivity index (χ4n) is 2.75. The predicted octanol–water partition coefficient (Wildman–Crippen LogP) is 3.23. The molecule has 2 atom stereocenters. The Hall–Kier alpha value is -1.84. The second kappa shape index (κ2) is 11.2. The highest BCUT2D eigenvalue weighted by atomic mass is 127. The van der Waals surface area contributed by atoms with E-state index in [1.165, 1.54) is 5.56 Å². The van der Waals surface area contributed by atoms with Crippen molar-refractivity contribution in [2.75, 3.05) is 25.0 Å². The molecule has 0 radical (unpaired) electrons. The fraction of sp³-hybridized carbons (Fsp3) is 0.381. The second-order valence-electron chi connectivity index (χ2n) is 6.50. The van der Waals surface area contributed by atoms with E-state index in [1.54, 1.807) is 31.2 Å². The van der Waals surface area contributed by atoms with Crippen molar-refractivity contribution in [1.82, 2.24) is 5.32 Å². The summed E-state index contributed by atoms with van der Waals surface area (Å²) in [6.07, 6.45) is 0.177. The van der Waals surface area contributed by atoms with E-state index in [9.17, 15) is 15.0 Å². The van der Waals surface area contributed by atoms with Gasteiger partial charge in [-0.25, -0.2) is 0 Å².